The van der Waals surface area contributed by atoms with Crippen LogP contribution in [0, 0.1) is 5.82 Å². The van der Waals surface area contributed by atoms with Crippen LogP contribution in [0.2, 0.25) is 0 Å². The van der Waals surface area contributed by atoms with E-state index < -0.39 is 17.9 Å². The van der Waals surface area contributed by atoms with Gasteiger partial charge in [0.05, 0.1) is 43.4 Å². The van der Waals surface area contributed by atoms with Crippen LogP contribution in [0.3, 0.4) is 0 Å². The van der Waals surface area contributed by atoms with Gasteiger partial charge in [-0.25, -0.2) is 19.6 Å². The van der Waals surface area contributed by atoms with Crippen LogP contribution in [0.4, 0.5) is 20.6 Å². The van der Waals surface area contributed by atoms with Gasteiger partial charge in [0.25, 0.3) is 5.91 Å². The number of esters is 1. The van der Waals surface area contributed by atoms with Crippen molar-refractivity contribution in [2.24, 2.45) is 5.10 Å². The summed E-state index contributed by atoms with van der Waals surface area (Å²) in [6.07, 6.45) is 5.09. The summed E-state index contributed by atoms with van der Waals surface area (Å²) in [5, 5.41) is 7.35. The number of amides is 2. The van der Waals surface area contributed by atoms with Crippen LogP contribution >= 0.6 is 0 Å². The number of ether oxygens (including phenoxy) is 2. The molecule has 4 rings (SSSR count). The number of halogens is 1. The fourth-order valence-electron chi connectivity index (χ4n) is 5.12. The lowest BCUT2D eigenvalue weighted by molar-refractivity contribution is -0.142. The van der Waals surface area contributed by atoms with Gasteiger partial charge in [0.1, 0.15) is 11.6 Å². The molecule has 0 saturated heterocycles. The van der Waals surface area contributed by atoms with E-state index in [1.54, 1.807) is 25.3 Å². The second kappa shape index (κ2) is 18.2. The largest absolute Gasteiger partial charge is 0.466 e. The number of nitrogens with zero attached hydrogens (tertiary/aromatic N) is 4. The highest BCUT2D eigenvalue weighted by Crippen LogP contribution is 2.23. The van der Waals surface area contributed by atoms with E-state index in [4.69, 9.17) is 14.5 Å². The number of carbonyl (C=O) groups excluding carboxylic acids is 3. The molecule has 1 aromatic heterocycles. The number of imidazole rings is 1. The summed E-state index contributed by atoms with van der Waals surface area (Å²) in [4.78, 5) is 43.8. The Balaban J connectivity index is 1.40. The molecular formula is C36H43FN6O5. The number of carbonyl (C=O) groups is 3. The molecule has 0 fully saturated rings. The summed E-state index contributed by atoms with van der Waals surface area (Å²) in [6.45, 7) is 7.68. The Morgan fingerprint density at radius 2 is 1.73 bits per heavy atom. The number of aryl methyl sites for hydroxylation is 1. The predicted molar refractivity (Wildman–Crippen MR) is 185 cm³/mol. The highest BCUT2D eigenvalue weighted by molar-refractivity contribution is 6.07. The van der Waals surface area contributed by atoms with Gasteiger partial charge in [0.15, 0.2) is 0 Å². The third-order valence-corrected chi connectivity index (χ3v) is 7.58. The summed E-state index contributed by atoms with van der Waals surface area (Å²) in [6, 6.07) is 18.5. The Kier molecular flexibility index (Phi) is 13.5. The Morgan fingerprint density at radius 3 is 2.44 bits per heavy atom. The SMILES string of the molecule is CCCCCCOC(=O)NN=Cc1ccc(NCc2nc3cc(C(=O)N(CCC(=O)OCC)c4ccc(F)cc4)ccc3n2CC)cc1. The van der Waals surface area contributed by atoms with Crippen molar-refractivity contribution in [2.75, 3.05) is 30.0 Å². The molecule has 0 aliphatic rings. The van der Waals surface area contributed by atoms with E-state index in [9.17, 15) is 18.8 Å². The molecule has 254 valence electrons. The van der Waals surface area contributed by atoms with E-state index >= 15 is 0 Å². The van der Waals surface area contributed by atoms with Gasteiger partial charge in [0, 0.05) is 30.0 Å². The normalized spacial score (nSPS) is 11.1. The number of anilines is 2. The third-order valence-electron chi connectivity index (χ3n) is 7.58. The molecule has 0 spiro atoms. The van der Waals surface area contributed by atoms with Gasteiger partial charge in [-0.05, 0) is 80.4 Å². The Labute approximate surface area is 280 Å². The number of nitrogens with one attached hydrogen (secondary N) is 2. The summed E-state index contributed by atoms with van der Waals surface area (Å²) in [7, 11) is 0. The topological polar surface area (TPSA) is 127 Å². The monoisotopic (exact) mass is 658 g/mol. The fourth-order valence-corrected chi connectivity index (χ4v) is 5.12. The first-order valence-corrected chi connectivity index (χ1v) is 16.3. The first-order valence-electron chi connectivity index (χ1n) is 16.3. The van der Waals surface area contributed by atoms with Crippen LogP contribution < -0.4 is 15.6 Å². The molecule has 2 N–H and O–H groups in total. The molecule has 0 saturated carbocycles. The van der Waals surface area contributed by atoms with E-state index in [2.05, 4.69) is 27.3 Å². The van der Waals surface area contributed by atoms with E-state index in [1.165, 1.54) is 29.2 Å². The number of unbranched alkanes of at least 4 members (excludes halogenated alkanes) is 3. The molecule has 0 aliphatic heterocycles. The van der Waals surface area contributed by atoms with E-state index in [-0.39, 0.29) is 25.5 Å². The molecule has 48 heavy (non-hydrogen) atoms. The van der Waals surface area contributed by atoms with Gasteiger partial charge in [-0.2, -0.15) is 5.10 Å². The van der Waals surface area contributed by atoms with Gasteiger partial charge < -0.3 is 24.3 Å². The summed E-state index contributed by atoms with van der Waals surface area (Å²) >= 11 is 0. The van der Waals surface area contributed by atoms with Crippen molar-refractivity contribution >= 4 is 46.6 Å². The van der Waals surface area contributed by atoms with Crippen molar-refractivity contribution in [2.45, 2.75) is 66.0 Å². The average molecular weight is 659 g/mol. The zero-order chi connectivity index (χ0) is 34.3. The van der Waals surface area contributed by atoms with Crippen LogP contribution in [0.15, 0.2) is 71.8 Å². The Hall–Kier alpha value is -5.26. The lowest BCUT2D eigenvalue weighted by Crippen LogP contribution is -2.33. The van der Waals surface area contributed by atoms with Crippen LogP contribution in [-0.2, 0) is 27.4 Å². The maximum absolute atomic E-state index is 13.7. The number of aromatic nitrogens is 2. The van der Waals surface area contributed by atoms with Crippen LogP contribution in [-0.4, -0.2) is 53.5 Å². The van der Waals surface area contributed by atoms with Gasteiger partial charge >= 0.3 is 12.1 Å². The summed E-state index contributed by atoms with van der Waals surface area (Å²) < 4.78 is 25.9. The Bertz CT molecular complexity index is 1690. The minimum Gasteiger partial charge on any atom is -0.466 e. The van der Waals surface area contributed by atoms with Gasteiger partial charge in [0.2, 0.25) is 0 Å². The molecule has 0 radical (unpaired) electrons. The fraction of sp³-hybridized carbons (Fsp3) is 0.361. The lowest BCUT2D eigenvalue weighted by atomic mass is 10.1. The number of hydrogen-bond donors (Lipinski definition) is 2. The van der Waals surface area contributed by atoms with Crippen LogP contribution in [0.1, 0.15) is 74.6 Å². The minimum atomic E-state index is -0.574. The predicted octanol–water partition coefficient (Wildman–Crippen LogP) is 7.05. The quantitative estimate of drug-likeness (QED) is 0.0539. The van der Waals surface area contributed by atoms with Gasteiger partial charge in [-0.1, -0.05) is 38.3 Å². The zero-order valence-corrected chi connectivity index (χ0v) is 27.7. The zero-order valence-electron chi connectivity index (χ0n) is 27.7. The summed E-state index contributed by atoms with van der Waals surface area (Å²) in [5.41, 5.74) is 6.45. The van der Waals surface area contributed by atoms with E-state index in [0.717, 1.165) is 48.3 Å². The highest BCUT2D eigenvalue weighted by Gasteiger charge is 2.21. The number of hydrazone groups is 1. The number of fused-ring (bicyclic) bond motifs is 1. The molecule has 11 nitrogen and oxygen atoms in total. The van der Waals surface area contributed by atoms with Crippen LogP contribution in [0.25, 0.3) is 11.0 Å². The number of benzene rings is 3. The van der Waals surface area contributed by atoms with Crippen molar-refractivity contribution in [3.8, 4) is 0 Å². The smallest absolute Gasteiger partial charge is 0.427 e. The lowest BCUT2D eigenvalue weighted by Gasteiger charge is -2.22. The van der Waals surface area contributed by atoms with E-state index in [1.807, 2.05) is 37.3 Å². The molecule has 2 amide bonds. The first kappa shape index (κ1) is 35.6. The molecule has 0 bridgehead atoms. The van der Waals surface area contributed by atoms with Crippen molar-refractivity contribution < 1.29 is 28.2 Å². The van der Waals surface area contributed by atoms with Crippen molar-refractivity contribution in [1.29, 1.82) is 0 Å². The van der Waals surface area contributed by atoms with Crippen LogP contribution in [0.5, 0.6) is 0 Å². The molecule has 0 unspecified atom stereocenters. The number of rotatable bonds is 17. The maximum Gasteiger partial charge on any atom is 0.427 e. The summed E-state index contributed by atoms with van der Waals surface area (Å²) in [5.74, 6) is -0.389. The van der Waals surface area contributed by atoms with Crippen molar-refractivity contribution in [3.05, 3.63) is 89.5 Å². The molecule has 1 heterocycles. The molecule has 3 aromatic carbocycles. The van der Waals surface area contributed by atoms with Gasteiger partial charge in [-0.3, -0.25) is 9.59 Å². The minimum absolute atomic E-state index is 0.00195. The maximum atomic E-state index is 13.7. The molecule has 12 heteroatoms. The molecule has 0 aliphatic carbocycles. The Morgan fingerprint density at radius 1 is 0.958 bits per heavy atom. The molecular weight excluding hydrogens is 615 g/mol. The third kappa shape index (κ3) is 10.1. The highest BCUT2D eigenvalue weighted by atomic mass is 19.1. The molecule has 4 aromatic rings. The second-order valence-electron chi connectivity index (χ2n) is 11.0. The van der Waals surface area contributed by atoms with Gasteiger partial charge in [-0.15, -0.1) is 0 Å². The second-order valence-corrected chi connectivity index (χ2v) is 11.0. The standard InChI is InChI=1S/C36H43FN6O5/c1-4-7-8-9-22-48-36(46)41-39-24-26-10-15-29(16-11-26)38-25-33-40-31-23-27(12-19-32(31)42(33)5-2)35(45)43(21-20-34(44)47-6-3)30-17-13-28(37)14-18-30/h10-19,23-24,38H,4-9,20-22,25H2,1-3H3,(H,41,46). The molecule has 0 atom stereocenters. The first-order chi connectivity index (χ1) is 23.3. The van der Waals surface area contributed by atoms with E-state index in [0.29, 0.717) is 36.5 Å². The average Bonchev–Trinajstić information content (AvgIpc) is 3.45. The van der Waals surface area contributed by atoms with Crippen molar-refractivity contribution in [1.82, 2.24) is 15.0 Å². The van der Waals surface area contributed by atoms with Crippen molar-refractivity contribution in [3.63, 3.8) is 0 Å². The number of hydrogen-bond acceptors (Lipinski definition) is 8.